The zero-order chi connectivity index (χ0) is 16.8. The van der Waals surface area contributed by atoms with Crippen molar-refractivity contribution in [1.29, 1.82) is 5.26 Å². The largest absolute Gasteiger partial charge is 0.324 e. The summed E-state index contributed by atoms with van der Waals surface area (Å²) in [5.41, 5.74) is 2.04. The fourth-order valence-electron chi connectivity index (χ4n) is 2.14. The highest BCUT2D eigenvalue weighted by atomic mass is 16.2. The predicted octanol–water partition coefficient (Wildman–Crippen LogP) is 2.84. The maximum atomic E-state index is 12.0. The van der Waals surface area contributed by atoms with Crippen molar-refractivity contribution in [2.45, 2.75) is 6.54 Å². The monoisotopic (exact) mass is 318 g/mol. The van der Waals surface area contributed by atoms with Gasteiger partial charge in [0.25, 0.3) is 0 Å². The molecule has 0 atom stereocenters. The van der Waals surface area contributed by atoms with Crippen molar-refractivity contribution < 1.29 is 4.79 Å². The van der Waals surface area contributed by atoms with Crippen LogP contribution >= 0.6 is 0 Å². The van der Waals surface area contributed by atoms with Gasteiger partial charge in [0.05, 0.1) is 18.2 Å². The van der Waals surface area contributed by atoms with Crippen LogP contribution < -0.4 is 10.6 Å². The topological polar surface area (TPSA) is 95.6 Å². The number of urea groups is 1. The Kier molecular flexibility index (Phi) is 4.49. The van der Waals surface area contributed by atoms with Gasteiger partial charge < -0.3 is 5.32 Å². The summed E-state index contributed by atoms with van der Waals surface area (Å²) < 4.78 is 1.71. The standard InChI is InChI=1S/C17H14N6O/c18-10-13-3-1-5-15(9-13)20-17(24)21-16-6-8-23(22-16)12-14-4-2-7-19-11-14/h1-9,11H,12H2,(H2,20,21,22,24). The van der Waals surface area contributed by atoms with Crippen LogP contribution in [0.2, 0.25) is 0 Å². The fraction of sp³-hybridized carbons (Fsp3) is 0.0588. The summed E-state index contributed by atoms with van der Waals surface area (Å²) in [5, 5.41) is 18.5. The second kappa shape index (κ2) is 7.07. The average molecular weight is 318 g/mol. The van der Waals surface area contributed by atoms with Crippen LogP contribution in [0.5, 0.6) is 0 Å². The van der Waals surface area contributed by atoms with E-state index in [-0.39, 0.29) is 0 Å². The van der Waals surface area contributed by atoms with Gasteiger partial charge in [-0.15, -0.1) is 0 Å². The van der Waals surface area contributed by atoms with Gasteiger partial charge in [0, 0.05) is 30.3 Å². The molecule has 2 N–H and O–H groups in total. The van der Waals surface area contributed by atoms with Crippen LogP contribution in [0.15, 0.2) is 61.1 Å². The van der Waals surface area contributed by atoms with E-state index < -0.39 is 6.03 Å². The number of carbonyl (C=O) groups is 1. The van der Waals surface area contributed by atoms with Crippen LogP contribution in [0, 0.1) is 11.3 Å². The van der Waals surface area contributed by atoms with Gasteiger partial charge in [-0.25, -0.2) is 4.79 Å². The molecule has 3 rings (SSSR count). The van der Waals surface area contributed by atoms with E-state index in [1.807, 2.05) is 18.2 Å². The molecule has 0 unspecified atom stereocenters. The van der Waals surface area contributed by atoms with Gasteiger partial charge >= 0.3 is 6.03 Å². The molecule has 0 spiro atoms. The van der Waals surface area contributed by atoms with E-state index in [1.54, 1.807) is 53.6 Å². The SMILES string of the molecule is N#Cc1cccc(NC(=O)Nc2ccn(Cc3cccnc3)n2)c1. The molecule has 2 amide bonds. The van der Waals surface area contributed by atoms with Crippen LogP contribution in [0.3, 0.4) is 0 Å². The molecule has 0 radical (unpaired) electrons. The van der Waals surface area contributed by atoms with Crippen molar-refractivity contribution in [2.75, 3.05) is 10.6 Å². The Labute approximate surface area is 138 Å². The van der Waals surface area contributed by atoms with Gasteiger partial charge in [0.1, 0.15) is 0 Å². The van der Waals surface area contributed by atoms with Gasteiger partial charge in [-0.2, -0.15) is 10.4 Å². The molecule has 2 aromatic heterocycles. The Morgan fingerprint density at radius 1 is 1.21 bits per heavy atom. The zero-order valence-corrected chi connectivity index (χ0v) is 12.7. The summed E-state index contributed by atoms with van der Waals surface area (Å²) >= 11 is 0. The van der Waals surface area contributed by atoms with Crippen molar-refractivity contribution in [2.24, 2.45) is 0 Å². The summed E-state index contributed by atoms with van der Waals surface area (Å²) in [4.78, 5) is 16.0. The number of nitriles is 1. The van der Waals surface area contributed by atoms with Crippen molar-refractivity contribution in [1.82, 2.24) is 14.8 Å². The van der Waals surface area contributed by atoms with E-state index in [2.05, 4.69) is 20.7 Å². The number of anilines is 2. The zero-order valence-electron chi connectivity index (χ0n) is 12.7. The Balaban J connectivity index is 1.60. The first-order valence-electron chi connectivity index (χ1n) is 7.23. The minimum absolute atomic E-state index is 0.420. The third-order valence-electron chi connectivity index (χ3n) is 3.20. The normalized spacial score (nSPS) is 9.96. The summed E-state index contributed by atoms with van der Waals surface area (Å²) in [7, 11) is 0. The Bertz CT molecular complexity index is 881. The van der Waals surface area contributed by atoms with E-state index >= 15 is 0 Å². The molecular formula is C17H14N6O. The lowest BCUT2D eigenvalue weighted by Crippen LogP contribution is -2.20. The molecule has 0 aliphatic heterocycles. The number of aromatic nitrogens is 3. The van der Waals surface area contributed by atoms with Gasteiger partial charge in [-0.1, -0.05) is 12.1 Å². The number of amides is 2. The van der Waals surface area contributed by atoms with Gasteiger partial charge in [0.2, 0.25) is 0 Å². The summed E-state index contributed by atoms with van der Waals surface area (Å²) in [6.07, 6.45) is 5.26. The molecule has 0 saturated carbocycles. The Morgan fingerprint density at radius 3 is 2.92 bits per heavy atom. The third kappa shape index (κ3) is 3.96. The lowest BCUT2D eigenvalue weighted by Gasteiger charge is -2.06. The number of hydrogen-bond donors (Lipinski definition) is 2. The number of rotatable bonds is 4. The van der Waals surface area contributed by atoms with Crippen LogP contribution in [0.1, 0.15) is 11.1 Å². The molecule has 24 heavy (non-hydrogen) atoms. The average Bonchev–Trinajstić information content (AvgIpc) is 3.02. The fourth-order valence-corrected chi connectivity index (χ4v) is 2.14. The molecule has 1 aromatic carbocycles. The van der Waals surface area contributed by atoms with Crippen LogP contribution in [0.4, 0.5) is 16.3 Å². The van der Waals surface area contributed by atoms with Gasteiger partial charge in [0.15, 0.2) is 5.82 Å². The van der Waals surface area contributed by atoms with Gasteiger partial charge in [-0.3, -0.25) is 15.0 Å². The molecule has 118 valence electrons. The van der Waals surface area contributed by atoms with Crippen LogP contribution in [0.25, 0.3) is 0 Å². The molecule has 0 bridgehead atoms. The predicted molar refractivity (Wildman–Crippen MR) is 89.4 cm³/mol. The molecule has 0 fully saturated rings. The highest BCUT2D eigenvalue weighted by molar-refractivity contribution is 5.99. The molecule has 7 heteroatoms. The number of nitrogens with zero attached hydrogens (tertiary/aromatic N) is 4. The van der Waals surface area contributed by atoms with Crippen LogP contribution in [-0.4, -0.2) is 20.8 Å². The van der Waals surface area contributed by atoms with E-state index in [0.717, 1.165) is 5.56 Å². The Morgan fingerprint density at radius 2 is 2.12 bits per heavy atom. The molecule has 0 saturated heterocycles. The van der Waals surface area contributed by atoms with E-state index in [0.29, 0.717) is 23.6 Å². The van der Waals surface area contributed by atoms with Gasteiger partial charge in [-0.05, 0) is 29.8 Å². The second-order valence-electron chi connectivity index (χ2n) is 5.03. The van der Waals surface area contributed by atoms with Crippen molar-refractivity contribution in [3.63, 3.8) is 0 Å². The maximum Gasteiger partial charge on any atom is 0.324 e. The molecule has 2 heterocycles. The minimum Gasteiger partial charge on any atom is -0.308 e. The highest BCUT2D eigenvalue weighted by Crippen LogP contribution is 2.11. The number of carbonyl (C=O) groups excluding carboxylic acids is 1. The quantitative estimate of drug-likeness (QED) is 0.773. The third-order valence-corrected chi connectivity index (χ3v) is 3.20. The molecule has 0 aliphatic carbocycles. The molecular weight excluding hydrogens is 304 g/mol. The summed E-state index contributed by atoms with van der Waals surface area (Å²) in [5.74, 6) is 0.438. The number of benzene rings is 1. The lowest BCUT2D eigenvalue weighted by atomic mass is 10.2. The number of hydrogen-bond acceptors (Lipinski definition) is 4. The number of pyridine rings is 1. The lowest BCUT2D eigenvalue weighted by molar-refractivity contribution is 0.262. The van der Waals surface area contributed by atoms with Crippen molar-refractivity contribution >= 4 is 17.5 Å². The molecule has 0 aliphatic rings. The van der Waals surface area contributed by atoms with Crippen LogP contribution in [-0.2, 0) is 6.54 Å². The first-order chi connectivity index (χ1) is 11.7. The maximum absolute atomic E-state index is 12.0. The highest BCUT2D eigenvalue weighted by Gasteiger charge is 2.06. The first kappa shape index (κ1) is 15.2. The number of nitrogens with one attached hydrogen (secondary N) is 2. The first-order valence-corrected chi connectivity index (χ1v) is 7.23. The summed E-state index contributed by atoms with van der Waals surface area (Å²) in [6.45, 7) is 0.571. The molecule has 3 aromatic rings. The minimum atomic E-state index is -0.420. The van der Waals surface area contributed by atoms with E-state index in [9.17, 15) is 4.79 Å². The smallest absolute Gasteiger partial charge is 0.308 e. The van der Waals surface area contributed by atoms with E-state index in [4.69, 9.17) is 5.26 Å². The molecule has 7 nitrogen and oxygen atoms in total. The second-order valence-corrected chi connectivity index (χ2v) is 5.03. The van der Waals surface area contributed by atoms with E-state index in [1.165, 1.54) is 0 Å². The van der Waals surface area contributed by atoms with Crippen molar-refractivity contribution in [3.05, 3.63) is 72.2 Å². The summed E-state index contributed by atoms with van der Waals surface area (Å²) in [6, 6.07) is 13.8. The van der Waals surface area contributed by atoms with Crippen molar-refractivity contribution in [3.8, 4) is 6.07 Å². The Hall–Kier alpha value is -3.66.